The molecule has 2 aromatic heterocycles. The van der Waals surface area contributed by atoms with Gasteiger partial charge >= 0.3 is 0 Å². The Labute approximate surface area is 311 Å². The lowest BCUT2D eigenvalue weighted by Crippen LogP contribution is -2.10. The van der Waals surface area contributed by atoms with Gasteiger partial charge in [0.05, 0.1) is 16.7 Å². The van der Waals surface area contributed by atoms with Crippen molar-refractivity contribution in [3.05, 3.63) is 194 Å². The van der Waals surface area contributed by atoms with Crippen molar-refractivity contribution < 1.29 is 0 Å². The second kappa shape index (κ2) is 11.9. The summed E-state index contributed by atoms with van der Waals surface area (Å²) in [5.74, 6) is 0. The maximum Gasteiger partial charge on any atom is 0.0554 e. The van der Waals surface area contributed by atoms with Gasteiger partial charge in [-0.2, -0.15) is 0 Å². The Morgan fingerprint density at radius 2 is 0.981 bits per heavy atom. The Balaban J connectivity index is 1.09. The van der Waals surface area contributed by atoms with E-state index in [0.29, 0.717) is 0 Å². The fraction of sp³-hybridized carbons (Fsp3) is 0. The average Bonchev–Trinajstić information content (AvgIpc) is 3.78. The van der Waals surface area contributed by atoms with E-state index in [1.807, 2.05) is 11.3 Å². The molecule has 3 heteroatoms. The minimum absolute atomic E-state index is 1.11. The molecule has 0 fully saturated rings. The van der Waals surface area contributed by atoms with Crippen molar-refractivity contribution in [3.63, 3.8) is 0 Å². The van der Waals surface area contributed by atoms with Gasteiger partial charge < -0.3 is 9.47 Å². The predicted octanol–water partition coefficient (Wildman–Crippen LogP) is 14.6. The summed E-state index contributed by atoms with van der Waals surface area (Å²) < 4.78 is 5.00. The number of benzene rings is 9. The molecule has 0 spiro atoms. The summed E-state index contributed by atoms with van der Waals surface area (Å²) >= 11 is 1.86. The molecule has 0 saturated carbocycles. The summed E-state index contributed by atoms with van der Waals surface area (Å²) in [5, 5.41) is 10.2. The number of aromatic nitrogens is 1. The second-order valence-corrected chi connectivity index (χ2v) is 14.8. The highest BCUT2D eigenvalue weighted by Gasteiger charge is 2.20. The number of hydrogen-bond donors (Lipinski definition) is 0. The number of thiophene rings is 1. The molecular formula is C50H32N2S. The van der Waals surface area contributed by atoms with Crippen LogP contribution in [0, 0.1) is 0 Å². The van der Waals surface area contributed by atoms with Crippen molar-refractivity contribution in [2.24, 2.45) is 0 Å². The normalized spacial score (nSPS) is 11.8. The lowest BCUT2D eigenvalue weighted by Gasteiger charge is -2.27. The summed E-state index contributed by atoms with van der Waals surface area (Å²) in [6.07, 6.45) is 0. The first kappa shape index (κ1) is 30.0. The first-order valence-electron chi connectivity index (χ1n) is 18.1. The van der Waals surface area contributed by atoms with E-state index in [2.05, 4.69) is 204 Å². The van der Waals surface area contributed by atoms with Crippen molar-refractivity contribution in [2.75, 3.05) is 4.90 Å². The lowest BCUT2D eigenvalue weighted by atomic mass is 9.98. The number of fused-ring (bicyclic) bond motifs is 9. The zero-order chi connectivity index (χ0) is 34.9. The van der Waals surface area contributed by atoms with E-state index in [-0.39, 0.29) is 0 Å². The van der Waals surface area contributed by atoms with Crippen molar-refractivity contribution in [1.82, 2.24) is 4.57 Å². The van der Waals surface area contributed by atoms with Crippen LogP contribution >= 0.6 is 11.3 Å². The SMILES string of the molecule is c1ccc2c(-c3ccc(N(c4ccc(-n5c6ccccc6c6c7ccccc7ccc65)cc4)c4cccc5sc6ccccc6c45)cc3)cccc2c1. The molecule has 0 aliphatic rings. The van der Waals surface area contributed by atoms with E-state index in [4.69, 9.17) is 0 Å². The molecule has 9 aromatic carbocycles. The molecule has 0 bridgehead atoms. The lowest BCUT2D eigenvalue weighted by molar-refractivity contribution is 1.17. The van der Waals surface area contributed by atoms with Gasteiger partial charge in [-0.3, -0.25) is 0 Å². The van der Waals surface area contributed by atoms with Gasteiger partial charge in [0.15, 0.2) is 0 Å². The van der Waals surface area contributed by atoms with Crippen LogP contribution in [0.25, 0.3) is 80.3 Å². The maximum absolute atomic E-state index is 2.43. The minimum atomic E-state index is 1.11. The van der Waals surface area contributed by atoms with Crippen LogP contribution < -0.4 is 4.90 Å². The zero-order valence-electron chi connectivity index (χ0n) is 28.8. The minimum Gasteiger partial charge on any atom is -0.310 e. The molecule has 0 atom stereocenters. The van der Waals surface area contributed by atoms with Crippen molar-refractivity contribution in [3.8, 4) is 16.8 Å². The van der Waals surface area contributed by atoms with Gasteiger partial charge in [0.25, 0.3) is 0 Å². The van der Waals surface area contributed by atoms with E-state index in [9.17, 15) is 0 Å². The van der Waals surface area contributed by atoms with Crippen molar-refractivity contribution in [2.45, 2.75) is 0 Å². The monoisotopic (exact) mass is 692 g/mol. The molecule has 53 heavy (non-hydrogen) atoms. The summed E-state index contributed by atoms with van der Waals surface area (Å²) in [7, 11) is 0. The smallest absolute Gasteiger partial charge is 0.0554 e. The largest absolute Gasteiger partial charge is 0.310 e. The molecule has 0 amide bonds. The van der Waals surface area contributed by atoms with Crippen LogP contribution in [-0.2, 0) is 0 Å². The maximum atomic E-state index is 2.43. The fourth-order valence-electron chi connectivity index (χ4n) is 8.40. The molecule has 248 valence electrons. The Hall–Kier alpha value is -6.68. The number of rotatable bonds is 5. The molecule has 11 aromatic rings. The fourth-order valence-corrected chi connectivity index (χ4v) is 9.53. The highest BCUT2D eigenvalue weighted by atomic mass is 32.1. The number of para-hydroxylation sites is 1. The first-order chi connectivity index (χ1) is 26.3. The predicted molar refractivity (Wildman–Crippen MR) is 229 cm³/mol. The molecule has 11 rings (SSSR count). The molecule has 2 heterocycles. The van der Waals surface area contributed by atoms with Gasteiger partial charge in [0.2, 0.25) is 0 Å². The Morgan fingerprint density at radius 3 is 1.79 bits per heavy atom. The molecule has 0 aliphatic carbocycles. The van der Waals surface area contributed by atoms with Crippen LogP contribution in [0.1, 0.15) is 0 Å². The Kier molecular flexibility index (Phi) is 6.76. The van der Waals surface area contributed by atoms with E-state index in [1.54, 1.807) is 0 Å². The standard InChI is InChI=1S/C50H32N2S/c1-3-14-39-33(11-1)13-9-18-40(39)35-23-26-36(27-24-35)51(45-20-10-22-48-50(45)43-17-6-8-21-47(43)53-48)37-28-30-38(31-29-37)52-44-19-7-5-16-42(44)49-41-15-4-2-12-34(41)25-32-46(49)52/h1-32H. The third kappa shape index (κ3) is 4.71. The molecule has 2 nitrogen and oxygen atoms in total. The molecule has 0 unspecified atom stereocenters. The number of anilines is 3. The Bertz CT molecular complexity index is 3160. The van der Waals surface area contributed by atoms with Gasteiger partial charge in [-0.15, -0.1) is 11.3 Å². The number of hydrogen-bond acceptors (Lipinski definition) is 2. The van der Waals surface area contributed by atoms with E-state index >= 15 is 0 Å². The molecule has 0 aliphatic heterocycles. The molecule has 0 saturated heterocycles. The zero-order valence-corrected chi connectivity index (χ0v) is 29.6. The third-order valence-corrected chi connectivity index (χ3v) is 11.9. The van der Waals surface area contributed by atoms with Crippen LogP contribution in [-0.4, -0.2) is 4.57 Å². The van der Waals surface area contributed by atoms with Gasteiger partial charge in [0.1, 0.15) is 0 Å². The first-order valence-corrected chi connectivity index (χ1v) is 18.9. The summed E-state index contributed by atoms with van der Waals surface area (Å²) in [4.78, 5) is 2.43. The van der Waals surface area contributed by atoms with Gasteiger partial charge in [-0.05, 0) is 99.4 Å². The van der Waals surface area contributed by atoms with Crippen molar-refractivity contribution >= 4 is 91.9 Å². The third-order valence-electron chi connectivity index (χ3n) is 10.8. The van der Waals surface area contributed by atoms with Crippen LogP contribution in [0.4, 0.5) is 17.1 Å². The highest BCUT2D eigenvalue weighted by Crippen LogP contribution is 2.46. The van der Waals surface area contributed by atoms with Crippen LogP contribution in [0.2, 0.25) is 0 Å². The number of nitrogens with zero attached hydrogens (tertiary/aromatic N) is 2. The van der Waals surface area contributed by atoms with E-state index < -0.39 is 0 Å². The molecular weight excluding hydrogens is 661 g/mol. The molecule has 0 radical (unpaired) electrons. The summed E-state index contributed by atoms with van der Waals surface area (Å²) in [5.41, 5.74) is 9.42. The second-order valence-electron chi connectivity index (χ2n) is 13.7. The quantitative estimate of drug-likeness (QED) is 0.174. The van der Waals surface area contributed by atoms with Crippen molar-refractivity contribution in [1.29, 1.82) is 0 Å². The summed E-state index contributed by atoms with van der Waals surface area (Å²) in [6, 6.07) is 70.9. The van der Waals surface area contributed by atoms with Gasteiger partial charge in [0, 0.05) is 48.0 Å². The van der Waals surface area contributed by atoms with Gasteiger partial charge in [-0.1, -0.05) is 127 Å². The highest BCUT2D eigenvalue weighted by molar-refractivity contribution is 7.26. The van der Waals surface area contributed by atoms with E-state index in [1.165, 1.54) is 80.3 Å². The van der Waals surface area contributed by atoms with E-state index in [0.717, 1.165) is 17.1 Å². The van der Waals surface area contributed by atoms with Crippen LogP contribution in [0.15, 0.2) is 194 Å². The average molecular weight is 693 g/mol. The van der Waals surface area contributed by atoms with Gasteiger partial charge in [-0.25, -0.2) is 0 Å². The topological polar surface area (TPSA) is 8.17 Å². The van der Waals surface area contributed by atoms with Crippen LogP contribution in [0.5, 0.6) is 0 Å². The Morgan fingerprint density at radius 1 is 0.377 bits per heavy atom. The van der Waals surface area contributed by atoms with Crippen LogP contribution in [0.3, 0.4) is 0 Å². The molecule has 0 N–H and O–H groups in total. The summed E-state index contributed by atoms with van der Waals surface area (Å²) in [6.45, 7) is 0.